The van der Waals surface area contributed by atoms with Crippen LogP contribution < -0.4 is 10.9 Å². The monoisotopic (exact) mass is 381 g/mol. The maximum atomic E-state index is 12.8. The first-order chi connectivity index (χ1) is 13.0. The number of fused-ring (bicyclic) bond motifs is 1. The Hall–Kier alpha value is -2.60. The van der Waals surface area contributed by atoms with Crippen molar-refractivity contribution in [2.75, 3.05) is 5.32 Å². The second-order valence-electron chi connectivity index (χ2n) is 6.49. The van der Waals surface area contributed by atoms with Gasteiger partial charge in [-0.1, -0.05) is 43.0 Å². The van der Waals surface area contributed by atoms with Crippen molar-refractivity contribution < 1.29 is 4.79 Å². The maximum Gasteiger partial charge on any atom is 0.262 e. The van der Waals surface area contributed by atoms with E-state index < -0.39 is 0 Å². The summed E-state index contributed by atoms with van der Waals surface area (Å²) in [6, 6.07) is 15.0. The number of thioether (sulfide) groups is 1. The van der Waals surface area contributed by atoms with Gasteiger partial charge in [-0.05, 0) is 50.1 Å². The Balaban J connectivity index is 1.87. The lowest BCUT2D eigenvalue weighted by atomic mass is 10.2. The number of benzene rings is 2. The van der Waals surface area contributed by atoms with Gasteiger partial charge in [-0.25, -0.2) is 4.98 Å². The van der Waals surface area contributed by atoms with E-state index in [0.29, 0.717) is 22.6 Å². The van der Waals surface area contributed by atoms with Gasteiger partial charge in [-0.15, -0.1) is 0 Å². The maximum absolute atomic E-state index is 12.8. The van der Waals surface area contributed by atoms with Crippen LogP contribution in [0.5, 0.6) is 0 Å². The summed E-state index contributed by atoms with van der Waals surface area (Å²) in [5, 5.41) is 3.72. The Kier molecular flexibility index (Phi) is 5.96. The van der Waals surface area contributed by atoms with Gasteiger partial charge >= 0.3 is 0 Å². The fourth-order valence-corrected chi connectivity index (χ4v) is 3.77. The van der Waals surface area contributed by atoms with E-state index in [2.05, 4.69) is 10.3 Å². The summed E-state index contributed by atoms with van der Waals surface area (Å²) in [6.07, 6.45) is 0.817. The molecule has 6 heteroatoms. The summed E-state index contributed by atoms with van der Waals surface area (Å²) in [6.45, 7) is 6.40. The Morgan fingerprint density at radius 1 is 1.22 bits per heavy atom. The lowest BCUT2D eigenvalue weighted by molar-refractivity contribution is -0.115. The van der Waals surface area contributed by atoms with Crippen LogP contribution in [0.2, 0.25) is 0 Å². The molecule has 0 aliphatic carbocycles. The zero-order chi connectivity index (χ0) is 19.4. The van der Waals surface area contributed by atoms with E-state index in [-0.39, 0.29) is 16.7 Å². The van der Waals surface area contributed by atoms with Gasteiger partial charge in [0.2, 0.25) is 5.91 Å². The van der Waals surface area contributed by atoms with Crippen LogP contribution in [0, 0.1) is 6.92 Å². The van der Waals surface area contributed by atoms with E-state index >= 15 is 0 Å². The lowest BCUT2D eigenvalue weighted by Gasteiger charge is -2.16. The third kappa shape index (κ3) is 4.39. The highest BCUT2D eigenvalue weighted by Gasteiger charge is 2.19. The molecule has 1 N–H and O–H groups in total. The predicted octanol–water partition coefficient (Wildman–Crippen LogP) is 4.23. The number of carbonyl (C=O) groups is 1. The number of amides is 1. The predicted molar refractivity (Wildman–Crippen MR) is 111 cm³/mol. The smallest absolute Gasteiger partial charge is 0.262 e. The van der Waals surface area contributed by atoms with Crippen molar-refractivity contribution in [2.45, 2.75) is 44.1 Å². The number of hydrogen-bond donors (Lipinski definition) is 1. The second-order valence-corrected chi connectivity index (χ2v) is 7.80. The lowest BCUT2D eigenvalue weighted by Crippen LogP contribution is -2.27. The van der Waals surface area contributed by atoms with Crippen LogP contribution in [0.3, 0.4) is 0 Å². The molecule has 1 unspecified atom stereocenters. The molecule has 0 aliphatic rings. The molecule has 1 atom stereocenters. The number of aromatic nitrogens is 2. The van der Waals surface area contributed by atoms with E-state index in [1.54, 1.807) is 10.6 Å². The largest absolute Gasteiger partial charge is 0.325 e. The van der Waals surface area contributed by atoms with Gasteiger partial charge in [-0.2, -0.15) is 0 Å². The molecular weight excluding hydrogens is 358 g/mol. The minimum absolute atomic E-state index is 0.0590. The molecule has 5 nitrogen and oxygen atoms in total. The molecule has 0 bridgehead atoms. The highest BCUT2D eigenvalue weighted by molar-refractivity contribution is 8.00. The zero-order valence-corrected chi connectivity index (χ0v) is 16.5. The third-order valence-corrected chi connectivity index (χ3v) is 5.30. The molecule has 3 rings (SSSR count). The van der Waals surface area contributed by atoms with Crippen LogP contribution in [0.25, 0.3) is 10.9 Å². The minimum Gasteiger partial charge on any atom is -0.325 e. The highest BCUT2D eigenvalue weighted by atomic mass is 32.2. The van der Waals surface area contributed by atoms with Crippen molar-refractivity contribution in [1.29, 1.82) is 0 Å². The van der Waals surface area contributed by atoms with Crippen LogP contribution in [-0.4, -0.2) is 20.7 Å². The van der Waals surface area contributed by atoms with Crippen molar-refractivity contribution in [1.82, 2.24) is 9.55 Å². The molecule has 0 aliphatic heterocycles. The number of nitrogens with zero attached hydrogens (tertiary/aromatic N) is 2. The molecule has 0 radical (unpaired) electrons. The SMILES string of the molecule is CCCn1c(SC(C)C(=O)Nc2cccc(C)c2)nc2ccccc2c1=O. The Labute approximate surface area is 162 Å². The van der Waals surface area contributed by atoms with Crippen LogP contribution in [0.1, 0.15) is 25.8 Å². The topological polar surface area (TPSA) is 64.0 Å². The molecule has 1 amide bonds. The van der Waals surface area contributed by atoms with Gasteiger partial charge in [0.25, 0.3) is 5.56 Å². The summed E-state index contributed by atoms with van der Waals surface area (Å²) in [5.74, 6) is -0.115. The van der Waals surface area contributed by atoms with Crippen LogP contribution >= 0.6 is 11.8 Å². The van der Waals surface area contributed by atoms with Crippen molar-refractivity contribution >= 4 is 34.3 Å². The van der Waals surface area contributed by atoms with E-state index in [9.17, 15) is 9.59 Å². The Morgan fingerprint density at radius 3 is 2.74 bits per heavy atom. The van der Waals surface area contributed by atoms with Crippen molar-refractivity contribution in [3.63, 3.8) is 0 Å². The standard InChI is InChI=1S/C21H23N3O2S/c1-4-12-24-20(26)17-10-5-6-11-18(17)23-21(24)27-15(3)19(25)22-16-9-7-8-14(2)13-16/h5-11,13,15H,4,12H2,1-3H3,(H,22,25). The van der Waals surface area contributed by atoms with Gasteiger partial charge in [0.1, 0.15) is 0 Å². The van der Waals surface area contributed by atoms with Crippen LogP contribution in [0.15, 0.2) is 58.5 Å². The summed E-state index contributed by atoms with van der Waals surface area (Å²) < 4.78 is 1.67. The van der Waals surface area contributed by atoms with Gasteiger partial charge in [0.05, 0.1) is 16.2 Å². The molecule has 2 aromatic carbocycles. The summed E-state index contributed by atoms with van der Waals surface area (Å²) in [7, 11) is 0. The number of carbonyl (C=O) groups excluding carboxylic acids is 1. The average Bonchev–Trinajstić information content (AvgIpc) is 2.65. The first kappa shape index (κ1) is 19.2. The molecule has 3 aromatic rings. The molecule has 0 fully saturated rings. The first-order valence-corrected chi connectivity index (χ1v) is 9.91. The van der Waals surface area contributed by atoms with Crippen LogP contribution in [0.4, 0.5) is 5.69 Å². The quantitative estimate of drug-likeness (QED) is 0.512. The molecule has 0 spiro atoms. The van der Waals surface area contributed by atoms with Gasteiger partial charge in [-0.3, -0.25) is 14.2 Å². The first-order valence-electron chi connectivity index (χ1n) is 9.03. The number of para-hydroxylation sites is 1. The fraction of sp³-hybridized carbons (Fsp3) is 0.286. The van der Waals surface area contributed by atoms with E-state index in [1.807, 2.05) is 63.2 Å². The highest BCUT2D eigenvalue weighted by Crippen LogP contribution is 2.24. The Bertz CT molecular complexity index is 1030. The van der Waals surface area contributed by atoms with Gasteiger partial charge in [0, 0.05) is 12.2 Å². The molecule has 1 aromatic heterocycles. The summed E-state index contributed by atoms with van der Waals surface area (Å²) in [5.41, 5.74) is 2.45. The summed E-state index contributed by atoms with van der Waals surface area (Å²) >= 11 is 1.31. The normalized spacial score (nSPS) is 12.1. The van der Waals surface area contributed by atoms with E-state index in [0.717, 1.165) is 17.7 Å². The van der Waals surface area contributed by atoms with Gasteiger partial charge < -0.3 is 5.32 Å². The van der Waals surface area contributed by atoms with Crippen LogP contribution in [-0.2, 0) is 11.3 Å². The number of rotatable bonds is 6. The molecule has 27 heavy (non-hydrogen) atoms. The fourth-order valence-electron chi connectivity index (χ4n) is 2.84. The zero-order valence-electron chi connectivity index (χ0n) is 15.7. The van der Waals surface area contributed by atoms with E-state index in [1.165, 1.54) is 11.8 Å². The van der Waals surface area contributed by atoms with Crippen molar-refractivity contribution in [3.05, 3.63) is 64.4 Å². The van der Waals surface area contributed by atoms with E-state index in [4.69, 9.17) is 0 Å². The second kappa shape index (κ2) is 8.39. The number of aryl methyl sites for hydroxylation is 1. The number of hydrogen-bond acceptors (Lipinski definition) is 4. The number of nitrogens with one attached hydrogen (secondary N) is 1. The molecule has 140 valence electrons. The number of anilines is 1. The molecule has 1 heterocycles. The van der Waals surface area contributed by atoms with Crippen molar-refractivity contribution in [3.8, 4) is 0 Å². The Morgan fingerprint density at radius 2 is 2.00 bits per heavy atom. The van der Waals surface area contributed by atoms with Gasteiger partial charge in [0.15, 0.2) is 5.16 Å². The minimum atomic E-state index is -0.387. The average molecular weight is 382 g/mol. The summed E-state index contributed by atoms with van der Waals surface area (Å²) in [4.78, 5) is 30.1. The molecular formula is C21H23N3O2S. The third-order valence-electron chi connectivity index (χ3n) is 4.21. The molecule has 0 saturated heterocycles. The van der Waals surface area contributed by atoms with Crippen molar-refractivity contribution in [2.24, 2.45) is 0 Å². The molecule has 0 saturated carbocycles.